The molecule has 0 spiro atoms. The Morgan fingerprint density at radius 2 is 2.17 bits per heavy atom. The number of nitrogens with one attached hydrogen (secondary N) is 1. The average Bonchev–Trinajstić information content (AvgIpc) is 2.98. The summed E-state index contributed by atoms with van der Waals surface area (Å²) in [6.45, 7) is 1.94. The third kappa shape index (κ3) is 2.12. The van der Waals surface area contributed by atoms with Crippen molar-refractivity contribution < 1.29 is 4.42 Å². The van der Waals surface area contributed by atoms with Crippen LogP contribution in [0.1, 0.15) is 43.1 Å². The summed E-state index contributed by atoms with van der Waals surface area (Å²) in [5.41, 5.74) is 2.23. The van der Waals surface area contributed by atoms with Crippen LogP contribution in [-0.2, 0) is 0 Å². The van der Waals surface area contributed by atoms with E-state index in [1.165, 1.54) is 31.4 Å². The number of aromatic nitrogens is 2. The molecule has 2 aromatic heterocycles. The van der Waals surface area contributed by atoms with Gasteiger partial charge in [-0.3, -0.25) is 0 Å². The molecule has 0 bridgehead atoms. The molecular formula is C14H16N2OS. The molecule has 0 atom stereocenters. The van der Waals surface area contributed by atoms with E-state index in [0.717, 1.165) is 17.1 Å². The Morgan fingerprint density at radius 1 is 1.39 bits per heavy atom. The van der Waals surface area contributed by atoms with E-state index in [2.05, 4.69) is 9.97 Å². The molecule has 1 aliphatic rings. The van der Waals surface area contributed by atoms with Crippen LogP contribution in [0.25, 0.3) is 11.4 Å². The highest BCUT2D eigenvalue weighted by molar-refractivity contribution is 7.71. The van der Waals surface area contributed by atoms with Crippen molar-refractivity contribution >= 4 is 12.2 Å². The zero-order chi connectivity index (χ0) is 12.5. The molecule has 0 unspecified atom stereocenters. The van der Waals surface area contributed by atoms with Gasteiger partial charge in [-0.2, -0.15) is 0 Å². The summed E-state index contributed by atoms with van der Waals surface area (Å²) in [5.74, 6) is 2.31. The molecule has 94 valence electrons. The van der Waals surface area contributed by atoms with Crippen LogP contribution in [0.5, 0.6) is 0 Å². The van der Waals surface area contributed by atoms with E-state index in [9.17, 15) is 0 Å². The first-order valence-electron chi connectivity index (χ1n) is 6.40. The largest absolute Gasteiger partial charge is 0.469 e. The molecule has 0 amide bonds. The van der Waals surface area contributed by atoms with Crippen LogP contribution < -0.4 is 0 Å². The molecule has 0 aromatic carbocycles. The molecule has 4 heteroatoms. The van der Waals surface area contributed by atoms with Gasteiger partial charge in [0.2, 0.25) is 0 Å². The van der Waals surface area contributed by atoms with E-state index >= 15 is 0 Å². The van der Waals surface area contributed by atoms with Crippen molar-refractivity contribution in [1.82, 2.24) is 9.97 Å². The van der Waals surface area contributed by atoms with Crippen LogP contribution in [0.3, 0.4) is 0 Å². The maximum atomic E-state index is 5.33. The number of furan rings is 1. The van der Waals surface area contributed by atoms with Gasteiger partial charge in [-0.1, -0.05) is 25.1 Å². The predicted molar refractivity (Wildman–Crippen MR) is 73.1 cm³/mol. The zero-order valence-corrected chi connectivity index (χ0v) is 11.2. The number of rotatable bonds is 2. The fourth-order valence-electron chi connectivity index (χ4n) is 2.69. The molecule has 2 aromatic rings. The van der Waals surface area contributed by atoms with Gasteiger partial charge in [0, 0.05) is 5.69 Å². The van der Waals surface area contributed by atoms with E-state index in [1.807, 2.05) is 19.1 Å². The fourth-order valence-corrected chi connectivity index (χ4v) is 2.91. The van der Waals surface area contributed by atoms with Gasteiger partial charge in [0.25, 0.3) is 0 Å². The first-order valence-corrected chi connectivity index (χ1v) is 6.80. The Labute approximate surface area is 111 Å². The predicted octanol–water partition coefficient (Wildman–Crippen LogP) is 4.37. The van der Waals surface area contributed by atoms with Crippen LogP contribution in [0.15, 0.2) is 22.8 Å². The van der Waals surface area contributed by atoms with E-state index in [0.29, 0.717) is 10.6 Å². The summed E-state index contributed by atoms with van der Waals surface area (Å²) >= 11 is 5.28. The normalized spacial score (nSPS) is 16.3. The molecule has 18 heavy (non-hydrogen) atoms. The number of aryl methyl sites for hydroxylation is 1. The molecular weight excluding hydrogens is 244 g/mol. The quantitative estimate of drug-likeness (QED) is 0.815. The maximum Gasteiger partial charge on any atom is 0.142 e. The van der Waals surface area contributed by atoms with Crippen molar-refractivity contribution in [2.75, 3.05) is 0 Å². The maximum absolute atomic E-state index is 5.33. The highest BCUT2D eigenvalue weighted by Gasteiger charge is 2.19. The molecule has 0 saturated heterocycles. The van der Waals surface area contributed by atoms with Crippen molar-refractivity contribution in [1.29, 1.82) is 0 Å². The number of aromatic amines is 1. The fraction of sp³-hybridized carbons (Fsp3) is 0.429. The lowest BCUT2D eigenvalue weighted by Crippen LogP contribution is -2.00. The second-order valence-corrected chi connectivity index (χ2v) is 5.31. The summed E-state index contributed by atoms with van der Waals surface area (Å²) in [4.78, 5) is 7.84. The number of H-pyrrole nitrogens is 1. The topological polar surface area (TPSA) is 41.8 Å². The summed E-state index contributed by atoms with van der Waals surface area (Å²) in [6.07, 6.45) is 6.81. The standard InChI is InChI=1S/C14H16N2OS/c1-9-11(6-7-17-9)14-15-12(8-13(18)16-14)10-4-2-3-5-10/h6-8,10H,2-5H2,1H3,(H,15,16,18). The van der Waals surface area contributed by atoms with Crippen molar-refractivity contribution in [2.24, 2.45) is 0 Å². The summed E-state index contributed by atoms with van der Waals surface area (Å²) in [7, 11) is 0. The zero-order valence-electron chi connectivity index (χ0n) is 10.4. The third-order valence-corrected chi connectivity index (χ3v) is 3.88. The van der Waals surface area contributed by atoms with E-state index in [-0.39, 0.29) is 0 Å². The Bertz CT molecular complexity index is 608. The van der Waals surface area contributed by atoms with Gasteiger partial charge in [0.1, 0.15) is 16.2 Å². The Hall–Kier alpha value is -1.42. The van der Waals surface area contributed by atoms with E-state index in [4.69, 9.17) is 16.6 Å². The highest BCUT2D eigenvalue weighted by atomic mass is 32.1. The number of hydrogen-bond donors (Lipinski definition) is 1. The Kier molecular flexibility index (Phi) is 3.04. The first kappa shape index (κ1) is 11.7. The lowest BCUT2D eigenvalue weighted by Gasteiger charge is -2.11. The molecule has 3 nitrogen and oxygen atoms in total. The molecule has 0 radical (unpaired) electrons. The van der Waals surface area contributed by atoms with Crippen LogP contribution in [0, 0.1) is 11.6 Å². The van der Waals surface area contributed by atoms with E-state index in [1.54, 1.807) is 6.26 Å². The molecule has 2 heterocycles. The lowest BCUT2D eigenvalue weighted by atomic mass is 10.0. The monoisotopic (exact) mass is 260 g/mol. The first-order chi connectivity index (χ1) is 8.74. The summed E-state index contributed by atoms with van der Waals surface area (Å²) in [5, 5.41) is 0. The number of hydrogen-bond acceptors (Lipinski definition) is 3. The van der Waals surface area contributed by atoms with Crippen LogP contribution in [0.2, 0.25) is 0 Å². The van der Waals surface area contributed by atoms with Gasteiger partial charge in [0.15, 0.2) is 0 Å². The SMILES string of the molecule is Cc1occc1-c1nc(=S)cc(C2CCCC2)[nH]1. The van der Waals surface area contributed by atoms with Gasteiger partial charge in [-0.05, 0) is 37.8 Å². The second kappa shape index (κ2) is 4.69. The third-order valence-electron chi connectivity index (χ3n) is 3.67. The van der Waals surface area contributed by atoms with E-state index < -0.39 is 0 Å². The van der Waals surface area contributed by atoms with Gasteiger partial charge >= 0.3 is 0 Å². The minimum absolute atomic E-state index is 0.612. The summed E-state index contributed by atoms with van der Waals surface area (Å²) < 4.78 is 5.99. The van der Waals surface area contributed by atoms with Crippen LogP contribution in [0.4, 0.5) is 0 Å². The second-order valence-electron chi connectivity index (χ2n) is 4.90. The molecule has 0 aliphatic heterocycles. The molecule has 1 saturated carbocycles. The Balaban J connectivity index is 2.06. The summed E-state index contributed by atoms with van der Waals surface area (Å²) in [6, 6.07) is 3.94. The molecule has 1 N–H and O–H groups in total. The van der Waals surface area contributed by atoms with Gasteiger partial charge in [-0.15, -0.1) is 0 Å². The minimum atomic E-state index is 0.612. The van der Waals surface area contributed by atoms with Gasteiger partial charge < -0.3 is 9.40 Å². The van der Waals surface area contributed by atoms with Gasteiger partial charge in [0.05, 0.1) is 11.8 Å². The average molecular weight is 260 g/mol. The van der Waals surface area contributed by atoms with Crippen molar-refractivity contribution in [3.63, 3.8) is 0 Å². The minimum Gasteiger partial charge on any atom is -0.469 e. The smallest absolute Gasteiger partial charge is 0.142 e. The van der Waals surface area contributed by atoms with Crippen LogP contribution in [-0.4, -0.2) is 9.97 Å². The Morgan fingerprint density at radius 3 is 2.83 bits per heavy atom. The van der Waals surface area contributed by atoms with Crippen molar-refractivity contribution in [2.45, 2.75) is 38.5 Å². The van der Waals surface area contributed by atoms with Crippen molar-refractivity contribution in [3.05, 3.63) is 34.5 Å². The highest BCUT2D eigenvalue weighted by Crippen LogP contribution is 2.33. The molecule has 1 fully saturated rings. The molecule has 3 rings (SSSR count). The van der Waals surface area contributed by atoms with Gasteiger partial charge in [-0.25, -0.2) is 4.98 Å². The number of nitrogens with zero attached hydrogens (tertiary/aromatic N) is 1. The van der Waals surface area contributed by atoms with Crippen LogP contribution >= 0.6 is 12.2 Å². The lowest BCUT2D eigenvalue weighted by molar-refractivity contribution is 0.535. The van der Waals surface area contributed by atoms with Crippen molar-refractivity contribution in [3.8, 4) is 11.4 Å². The molecule has 1 aliphatic carbocycles.